The third-order valence-corrected chi connectivity index (χ3v) is 3.19. The van der Waals surface area contributed by atoms with Gasteiger partial charge in [-0.3, -0.25) is 0 Å². The number of rotatable bonds is 4. The fraction of sp³-hybridized carbons (Fsp3) is 0.235. The van der Waals surface area contributed by atoms with Gasteiger partial charge in [-0.15, -0.1) is 0 Å². The highest BCUT2D eigenvalue weighted by molar-refractivity contribution is 5.77. The average Bonchev–Trinajstić information content (AvgIpc) is 2.50. The van der Waals surface area contributed by atoms with Crippen molar-refractivity contribution in [1.29, 1.82) is 0 Å². The molecule has 3 nitrogen and oxygen atoms in total. The first kappa shape index (κ1) is 14.1. The van der Waals surface area contributed by atoms with Gasteiger partial charge < -0.3 is 9.64 Å². The highest BCUT2D eigenvalue weighted by Crippen LogP contribution is 2.29. The predicted molar refractivity (Wildman–Crippen MR) is 80.8 cm³/mol. The van der Waals surface area contributed by atoms with Crippen LogP contribution in [-0.4, -0.2) is 24.1 Å². The lowest BCUT2D eigenvalue weighted by atomic mass is 10.1. The second kappa shape index (κ2) is 6.75. The molecule has 0 atom stereocenters. The topological polar surface area (TPSA) is 29.5 Å². The van der Waals surface area contributed by atoms with E-state index in [1.807, 2.05) is 68.4 Å². The predicted octanol–water partition coefficient (Wildman–Crippen LogP) is 4.19. The van der Waals surface area contributed by atoms with Crippen LogP contribution in [0.25, 0.3) is 11.1 Å². The first-order chi connectivity index (χ1) is 9.76. The molecule has 0 fully saturated rings. The van der Waals surface area contributed by atoms with Gasteiger partial charge in [0.1, 0.15) is 5.75 Å². The van der Waals surface area contributed by atoms with Crippen molar-refractivity contribution in [3.8, 4) is 16.9 Å². The van der Waals surface area contributed by atoms with E-state index in [0.29, 0.717) is 18.8 Å². The Hall–Kier alpha value is -2.29. The summed E-state index contributed by atoms with van der Waals surface area (Å²) in [4.78, 5) is 13.7. The minimum atomic E-state index is -0.307. The fourth-order valence-electron chi connectivity index (χ4n) is 2.05. The number of carbonyl (C=O) groups is 1. The Morgan fingerprint density at radius 3 is 2.20 bits per heavy atom. The molecule has 0 heterocycles. The molecule has 2 aromatic carbocycles. The molecule has 0 saturated heterocycles. The molecule has 3 heteroatoms. The summed E-state index contributed by atoms with van der Waals surface area (Å²) in [5.41, 5.74) is 1.96. The quantitative estimate of drug-likeness (QED) is 0.832. The molecule has 104 valence electrons. The van der Waals surface area contributed by atoms with Crippen LogP contribution < -0.4 is 4.74 Å². The van der Waals surface area contributed by atoms with Gasteiger partial charge >= 0.3 is 6.09 Å². The van der Waals surface area contributed by atoms with Crippen LogP contribution in [0, 0.1) is 0 Å². The van der Waals surface area contributed by atoms with Gasteiger partial charge in [0.05, 0.1) is 0 Å². The lowest BCUT2D eigenvalue weighted by Crippen LogP contribution is -2.33. The Labute approximate surface area is 119 Å². The molecule has 0 saturated carbocycles. The molecule has 0 unspecified atom stereocenters. The summed E-state index contributed by atoms with van der Waals surface area (Å²) in [6, 6.07) is 17.5. The third kappa shape index (κ3) is 3.18. The smallest absolute Gasteiger partial charge is 0.410 e. The monoisotopic (exact) mass is 269 g/mol. The van der Waals surface area contributed by atoms with Crippen molar-refractivity contribution in [3.63, 3.8) is 0 Å². The molecule has 0 aromatic heterocycles. The van der Waals surface area contributed by atoms with Crippen molar-refractivity contribution in [1.82, 2.24) is 4.90 Å². The van der Waals surface area contributed by atoms with Crippen molar-refractivity contribution < 1.29 is 9.53 Å². The highest BCUT2D eigenvalue weighted by Gasteiger charge is 2.14. The number of nitrogens with zero attached hydrogens (tertiary/aromatic N) is 1. The van der Waals surface area contributed by atoms with Crippen LogP contribution in [-0.2, 0) is 0 Å². The maximum Gasteiger partial charge on any atom is 0.415 e. The van der Waals surface area contributed by atoms with Crippen molar-refractivity contribution in [3.05, 3.63) is 54.6 Å². The van der Waals surface area contributed by atoms with Crippen LogP contribution in [0.5, 0.6) is 5.75 Å². The van der Waals surface area contributed by atoms with E-state index in [2.05, 4.69) is 0 Å². The maximum absolute atomic E-state index is 12.1. The number of para-hydroxylation sites is 1. The Balaban J connectivity index is 2.27. The second-order valence-electron chi connectivity index (χ2n) is 4.40. The third-order valence-electron chi connectivity index (χ3n) is 3.19. The molecule has 20 heavy (non-hydrogen) atoms. The molecule has 2 rings (SSSR count). The number of hydrogen-bond donors (Lipinski definition) is 0. The van der Waals surface area contributed by atoms with Crippen molar-refractivity contribution in [2.75, 3.05) is 13.1 Å². The van der Waals surface area contributed by atoms with Gasteiger partial charge in [0, 0.05) is 18.7 Å². The zero-order chi connectivity index (χ0) is 14.4. The fourth-order valence-corrected chi connectivity index (χ4v) is 2.05. The van der Waals surface area contributed by atoms with Crippen LogP contribution in [0.4, 0.5) is 4.79 Å². The molecular weight excluding hydrogens is 250 g/mol. The van der Waals surface area contributed by atoms with E-state index >= 15 is 0 Å². The SMILES string of the molecule is CCN(CC)C(=O)Oc1ccccc1-c1ccccc1. The standard InChI is InChI=1S/C17H19NO2/c1-3-18(4-2)17(19)20-16-13-9-8-12-15(16)14-10-6-5-7-11-14/h5-13H,3-4H2,1-2H3. The van der Waals surface area contributed by atoms with E-state index in [4.69, 9.17) is 4.74 Å². The number of benzene rings is 2. The van der Waals surface area contributed by atoms with Gasteiger partial charge in [-0.1, -0.05) is 48.5 Å². The van der Waals surface area contributed by atoms with E-state index in [0.717, 1.165) is 11.1 Å². The number of amides is 1. The molecule has 2 aromatic rings. The minimum absolute atomic E-state index is 0.307. The molecule has 0 aliphatic rings. The minimum Gasteiger partial charge on any atom is -0.410 e. The van der Waals surface area contributed by atoms with Crippen molar-refractivity contribution in [2.45, 2.75) is 13.8 Å². The molecule has 0 N–H and O–H groups in total. The summed E-state index contributed by atoms with van der Waals surface area (Å²) < 4.78 is 5.53. The van der Waals surface area contributed by atoms with Crippen molar-refractivity contribution >= 4 is 6.09 Å². The normalized spacial score (nSPS) is 10.1. The zero-order valence-corrected chi connectivity index (χ0v) is 11.9. The summed E-state index contributed by atoms with van der Waals surface area (Å²) in [6.45, 7) is 5.16. The molecule has 0 radical (unpaired) electrons. The Morgan fingerprint density at radius 2 is 1.55 bits per heavy atom. The van der Waals surface area contributed by atoms with Gasteiger partial charge in [0.25, 0.3) is 0 Å². The first-order valence-electron chi connectivity index (χ1n) is 6.87. The van der Waals surface area contributed by atoms with E-state index in [1.165, 1.54) is 0 Å². The van der Waals surface area contributed by atoms with E-state index in [-0.39, 0.29) is 6.09 Å². The summed E-state index contributed by atoms with van der Waals surface area (Å²) in [5.74, 6) is 0.593. The summed E-state index contributed by atoms with van der Waals surface area (Å²) in [6.07, 6.45) is -0.307. The number of carbonyl (C=O) groups excluding carboxylic acids is 1. The zero-order valence-electron chi connectivity index (χ0n) is 11.9. The van der Waals surface area contributed by atoms with Crippen LogP contribution in [0.1, 0.15) is 13.8 Å². The largest absolute Gasteiger partial charge is 0.415 e. The van der Waals surface area contributed by atoms with E-state index < -0.39 is 0 Å². The lowest BCUT2D eigenvalue weighted by Gasteiger charge is -2.19. The number of hydrogen-bond acceptors (Lipinski definition) is 2. The van der Waals surface area contributed by atoms with Crippen LogP contribution in [0.15, 0.2) is 54.6 Å². The van der Waals surface area contributed by atoms with Gasteiger partial charge in [-0.05, 0) is 25.5 Å². The molecule has 0 aliphatic heterocycles. The lowest BCUT2D eigenvalue weighted by molar-refractivity contribution is 0.157. The summed E-state index contributed by atoms with van der Waals surface area (Å²) in [5, 5.41) is 0. The van der Waals surface area contributed by atoms with Crippen LogP contribution in [0.2, 0.25) is 0 Å². The van der Waals surface area contributed by atoms with Gasteiger partial charge in [-0.2, -0.15) is 0 Å². The number of ether oxygens (including phenoxy) is 1. The van der Waals surface area contributed by atoms with E-state index in [9.17, 15) is 4.79 Å². The molecular formula is C17H19NO2. The van der Waals surface area contributed by atoms with E-state index in [1.54, 1.807) is 4.90 Å². The highest BCUT2D eigenvalue weighted by atomic mass is 16.6. The maximum atomic E-state index is 12.1. The Kier molecular flexibility index (Phi) is 4.77. The van der Waals surface area contributed by atoms with Gasteiger partial charge in [-0.25, -0.2) is 4.79 Å². The first-order valence-corrected chi connectivity index (χ1v) is 6.87. The second-order valence-corrected chi connectivity index (χ2v) is 4.40. The summed E-state index contributed by atoms with van der Waals surface area (Å²) in [7, 11) is 0. The van der Waals surface area contributed by atoms with Crippen LogP contribution >= 0.6 is 0 Å². The molecule has 1 amide bonds. The Bertz CT molecular complexity index is 562. The average molecular weight is 269 g/mol. The molecule has 0 bridgehead atoms. The Morgan fingerprint density at radius 1 is 0.950 bits per heavy atom. The molecule has 0 spiro atoms. The van der Waals surface area contributed by atoms with Gasteiger partial charge in [0.15, 0.2) is 0 Å². The summed E-state index contributed by atoms with van der Waals surface area (Å²) >= 11 is 0. The van der Waals surface area contributed by atoms with Crippen molar-refractivity contribution in [2.24, 2.45) is 0 Å². The van der Waals surface area contributed by atoms with Gasteiger partial charge in [0.2, 0.25) is 0 Å². The van der Waals surface area contributed by atoms with Crippen LogP contribution in [0.3, 0.4) is 0 Å². The molecule has 0 aliphatic carbocycles.